The SMILES string of the molecule is COC(=O)C(C)(C)c1ccc(F)c(OC)c1. The summed E-state index contributed by atoms with van der Waals surface area (Å²) in [5.74, 6) is -0.706. The van der Waals surface area contributed by atoms with Crippen molar-refractivity contribution < 1.29 is 18.7 Å². The molecular formula is C12H15FO3. The van der Waals surface area contributed by atoms with Gasteiger partial charge in [0.2, 0.25) is 0 Å². The highest BCUT2D eigenvalue weighted by atomic mass is 19.1. The monoisotopic (exact) mass is 226 g/mol. The Morgan fingerprint density at radius 1 is 1.31 bits per heavy atom. The number of benzene rings is 1. The Kier molecular flexibility index (Phi) is 3.52. The molecule has 4 heteroatoms. The molecule has 3 nitrogen and oxygen atoms in total. The van der Waals surface area contributed by atoms with E-state index in [0.29, 0.717) is 5.56 Å². The first-order chi connectivity index (χ1) is 7.43. The molecule has 0 saturated heterocycles. The van der Waals surface area contributed by atoms with Crippen molar-refractivity contribution in [1.82, 2.24) is 0 Å². The van der Waals surface area contributed by atoms with E-state index in [4.69, 9.17) is 9.47 Å². The first kappa shape index (κ1) is 12.5. The molecule has 0 bridgehead atoms. The molecule has 0 aliphatic rings. The second kappa shape index (κ2) is 4.51. The normalized spacial score (nSPS) is 11.1. The maximum Gasteiger partial charge on any atom is 0.315 e. The van der Waals surface area contributed by atoms with Crippen LogP contribution in [0.5, 0.6) is 5.75 Å². The van der Waals surface area contributed by atoms with Gasteiger partial charge in [0.1, 0.15) is 0 Å². The average Bonchev–Trinajstić information content (AvgIpc) is 2.28. The van der Waals surface area contributed by atoms with Crippen LogP contribution >= 0.6 is 0 Å². The topological polar surface area (TPSA) is 35.5 Å². The molecule has 88 valence electrons. The molecule has 0 radical (unpaired) electrons. The van der Waals surface area contributed by atoms with Crippen molar-refractivity contribution in [3.8, 4) is 5.75 Å². The van der Waals surface area contributed by atoms with Crippen LogP contribution < -0.4 is 4.74 Å². The molecule has 1 aromatic rings. The molecule has 0 aliphatic heterocycles. The van der Waals surface area contributed by atoms with Crippen molar-refractivity contribution >= 4 is 5.97 Å². The highest BCUT2D eigenvalue weighted by molar-refractivity contribution is 5.82. The number of halogens is 1. The zero-order valence-corrected chi connectivity index (χ0v) is 9.83. The molecule has 0 amide bonds. The minimum atomic E-state index is -0.824. The molecule has 0 fully saturated rings. The summed E-state index contributed by atoms with van der Waals surface area (Å²) in [5, 5.41) is 0. The quantitative estimate of drug-likeness (QED) is 0.742. The van der Waals surface area contributed by atoms with Crippen molar-refractivity contribution in [3.05, 3.63) is 29.6 Å². The van der Waals surface area contributed by atoms with Gasteiger partial charge in [0.25, 0.3) is 0 Å². The minimum Gasteiger partial charge on any atom is -0.494 e. The van der Waals surface area contributed by atoms with Crippen molar-refractivity contribution in [3.63, 3.8) is 0 Å². The number of carbonyl (C=O) groups excluding carboxylic acids is 1. The summed E-state index contributed by atoms with van der Waals surface area (Å²) in [6.07, 6.45) is 0. The molecule has 1 aromatic carbocycles. The van der Waals surface area contributed by atoms with E-state index in [0.717, 1.165) is 0 Å². The van der Waals surface area contributed by atoms with Gasteiger partial charge in [0.15, 0.2) is 11.6 Å². The van der Waals surface area contributed by atoms with Crippen LogP contribution in [0.2, 0.25) is 0 Å². The van der Waals surface area contributed by atoms with Crippen LogP contribution in [0.25, 0.3) is 0 Å². The highest BCUT2D eigenvalue weighted by Crippen LogP contribution is 2.29. The lowest BCUT2D eigenvalue weighted by Crippen LogP contribution is -2.30. The Labute approximate surface area is 94.2 Å². The van der Waals surface area contributed by atoms with Crippen LogP contribution in [0.4, 0.5) is 4.39 Å². The lowest BCUT2D eigenvalue weighted by molar-refractivity contribution is -0.146. The molecule has 1 rings (SSSR count). The highest BCUT2D eigenvalue weighted by Gasteiger charge is 2.31. The standard InChI is InChI=1S/C12H15FO3/c1-12(2,11(14)16-4)8-5-6-9(13)10(7-8)15-3/h5-7H,1-4H3. The van der Waals surface area contributed by atoms with E-state index in [-0.39, 0.29) is 11.7 Å². The summed E-state index contributed by atoms with van der Waals surface area (Å²) in [5.41, 5.74) is -0.173. The Morgan fingerprint density at radius 3 is 2.44 bits per heavy atom. The molecule has 0 N–H and O–H groups in total. The smallest absolute Gasteiger partial charge is 0.315 e. The third-order valence-corrected chi connectivity index (χ3v) is 2.57. The van der Waals surface area contributed by atoms with E-state index in [2.05, 4.69) is 0 Å². The molecular weight excluding hydrogens is 211 g/mol. The third-order valence-electron chi connectivity index (χ3n) is 2.57. The molecule has 16 heavy (non-hydrogen) atoms. The van der Waals surface area contributed by atoms with E-state index >= 15 is 0 Å². The van der Waals surface area contributed by atoms with Gasteiger partial charge in [-0.3, -0.25) is 4.79 Å². The predicted molar refractivity (Wildman–Crippen MR) is 58.0 cm³/mol. The van der Waals surface area contributed by atoms with Crippen molar-refractivity contribution in [1.29, 1.82) is 0 Å². The number of ether oxygens (including phenoxy) is 2. The van der Waals surface area contributed by atoms with Gasteiger partial charge in [0, 0.05) is 0 Å². The largest absolute Gasteiger partial charge is 0.494 e. The van der Waals surface area contributed by atoms with Crippen LogP contribution in [0.3, 0.4) is 0 Å². The summed E-state index contributed by atoms with van der Waals surface area (Å²) >= 11 is 0. The fourth-order valence-electron chi connectivity index (χ4n) is 1.42. The fraction of sp³-hybridized carbons (Fsp3) is 0.417. The summed E-state index contributed by atoms with van der Waals surface area (Å²) in [7, 11) is 2.71. The molecule has 0 atom stereocenters. The summed E-state index contributed by atoms with van der Waals surface area (Å²) in [4.78, 5) is 11.6. The van der Waals surface area contributed by atoms with Crippen LogP contribution in [-0.4, -0.2) is 20.2 Å². The second-order valence-electron chi connectivity index (χ2n) is 3.97. The Morgan fingerprint density at radius 2 is 1.94 bits per heavy atom. The first-order valence-electron chi connectivity index (χ1n) is 4.86. The fourth-order valence-corrected chi connectivity index (χ4v) is 1.42. The molecule has 0 heterocycles. The van der Waals surface area contributed by atoms with Gasteiger partial charge in [-0.15, -0.1) is 0 Å². The lowest BCUT2D eigenvalue weighted by Gasteiger charge is -2.22. The molecule has 0 aromatic heterocycles. The van der Waals surface area contributed by atoms with Crippen molar-refractivity contribution in [2.24, 2.45) is 0 Å². The summed E-state index contributed by atoms with van der Waals surface area (Å²) in [6, 6.07) is 4.33. The van der Waals surface area contributed by atoms with Crippen LogP contribution in [0.15, 0.2) is 18.2 Å². The molecule has 0 aliphatic carbocycles. The molecule has 0 spiro atoms. The van der Waals surface area contributed by atoms with Gasteiger partial charge < -0.3 is 9.47 Å². The Balaban J connectivity index is 3.18. The van der Waals surface area contributed by atoms with Gasteiger partial charge in [-0.25, -0.2) is 4.39 Å². The van der Waals surface area contributed by atoms with Crippen LogP contribution in [0, 0.1) is 5.82 Å². The van der Waals surface area contributed by atoms with E-state index in [9.17, 15) is 9.18 Å². The van der Waals surface area contributed by atoms with Gasteiger partial charge >= 0.3 is 5.97 Å². The summed E-state index contributed by atoms with van der Waals surface area (Å²) < 4.78 is 22.8. The third kappa shape index (κ3) is 2.15. The maximum absolute atomic E-state index is 13.2. The van der Waals surface area contributed by atoms with E-state index in [1.54, 1.807) is 19.9 Å². The number of methoxy groups -OCH3 is 2. The van der Waals surface area contributed by atoms with Gasteiger partial charge in [0.05, 0.1) is 19.6 Å². The van der Waals surface area contributed by atoms with Gasteiger partial charge in [-0.05, 0) is 31.5 Å². The summed E-state index contributed by atoms with van der Waals surface area (Å²) in [6.45, 7) is 3.43. The van der Waals surface area contributed by atoms with Crippen molar-refractivity contribution in [2.75, 3.05) is 14.2 Å². The number of hydrogen-bond acceptors (Lipinski definition) is 3. The zero-order valence-electron chi connectivity index (χ0n) is 9.83. The van der Waals surface area contributed by atoms with E-state index in [1.165, 1.54) is 26.4 Å². The number of rotatable bonds is 3. The maximum atomic E-state index is 13.2. The van der Waals surface area contributed by atoms with Crippen molar-refractivity contribution in [2.45, 2.75) is 19.3 Å². The number of carbonyl (C=O) groups is 1. The van der Waals surface area contributed by atoms with Crippen LogP contribution in [-0.2, 0) is 14.9 Å². The molecule has 0 unspecified atom stereocenters. The number of esters is 1. The van der Waals surface area contributed by atoms with E-state index < -0.39 is 11.2 Å². The minimum absolute atomic E-state index is 0.120. The molecule has 0 saturated carbocycles. The average molecular weight is 226 g/mol. The Hall–Kier alpha value is -1.58. The van der Waals surface area contributed by atoms with Gasteiger partial charge in [-0.2, -0.15) is 0 Å². The van der Waals surface area contributed by atoms with Gasteiger partial charge in [-0.1, -0.05) is 6.07 Å². The Bertz CT molecular complexity index is 399. The first-order valence-corrected chi connectivity index (χ1v) is 4.86. The van der Waals surface area contributed by atoms with Crippen LogP contribution in [0.1, 0.15) is 19.4 Å². The zero-order chi connectivity index (χ0) is 12.3. The second-order valence-corrected chi connectivity index (χ2v) is 3.97. The predicted octanol–water partition coefficient (Wildman–Crippen LogP) is 2.28. The lowest BCUT2D eigenvalue weighted by atomic mass is 9.84. The van der Waals surface area contributed by atoms with E-state index in [1.807, 2.05) is 0 Å². The number of hydrogen-bond donors (Lipinski definition) is 0.